The molecule has 0 saturated heterocycles. The average Bonchev–Trinajstić information content (AvgIpc) is 2.04. The molecule has 0 bridgehead atoms. The molecule has 0 spiro atoms. The zero-order chi connectivity index (χ0) is 9.14. The van der Waals surface area contributed by atoms with E-state index in [0.717, 1.165) is 0 Å². The Bertz CT molecular complexity index is 188. The second-order valence-corrected chi connectivity index (χ2v) is 3.20. The Morgan fingerprint density at radius 2 is 1.29 bits per heavy atom. The van der Waals surface area contributed by atoms with Crippen LogP contribution in [0.4, 0.5) is 0 Å². The van der Waals surface area contributed by atoms with Crippen molar-refractivity contribution in [3.05, 3.63) is 0 Å². The van der Waals surface area contributed by atoms with Gasteiger partial charge in [0.25, 0.3) is 0 Å². The molecule has 68 valence electrons. The van der Waals surface area contributed by atoms with Gasteiger partial charge in [-0.1, -0.05) is 6.42 Å². The molecule has 0 heterocycles. The molecule has 1 aliphatic rings. The van der Waals surface area contributed by atoms with Gasteiger partial charge in [0.15, 0.2) is 0 Å². The van der Waals surface area contributed by atoms with Gasteiger partial charge in [-0.05, 0) is 31.1 Å². The smallest absolute Gasteiger partial charge is 0.550 e. The summed E-state index contributed by atoms with van der Waals surface area (Å²) in [5.41, 5.74) is 0. The van der Waals surface area contributed by atoms with Crippen LogP contribution in [0, 0.1) is 11.8 Å². The minimum absolute atomic E-state index is 0. The maximum atomic E-state index is 10.4. The Morgan fingerprint density at radius 1 is 0.929 bits per heavy atom. The molecule has 0 aromatic carbocycles. The number of carbonyl (C=O) groups excluding carboxylic acids is 2. The fourth-order valence-electron chi connectivity index (χ4n) is 1.62. The van der Waals surface area contributed by atoms with Gasteiger partial charge in [-0.25, -0.2) is 0 Å². The fraction of sp³-hybridized carbons (Fsp3) is 0.750. The summed E-state index contributed by atoms with van der Waals surface area (Å²) < 4.78 is 0. The van der Waals surface area contributed by atoms with Crippen LogP contribution in [0.15, 0.2) is 0 Å². The van der Waals surface area contributed by atoms with E-state index in [-0.39, 0.29) is 109 Å². The number of carboxylic acid groups (broad SMARTS) is 2. The Labute approximate surface area is 168 Å². The first-order chi connectivity index (χ1) is 5.61. The predicted molar refractivity (Wildman–Crippen MR) is 35.5 cm³/mol. The molecule has 6 heteroatoms. The average molecular weight is 248 g/mol. The minimum Gasteiger partial charge on any atom is -0.550 e. The SMILES string of the molecule is O=C([O-])C1CCCC(C(=O)[O-])C1.[K+].[K+]. The summed E-state index contributed by atoms with van der Waals surface area (Å²) in [5.74, 6) is -3.47. The van der Waals surface area contributed by atoms with Gasteiger partial charge in [-0.3, -0.25) is 0 Å². The Balaban J connectivity index is 0. The second-order valence-electron chi connectivity index (χ2n) is 3.20. The van der Waals surface area contributed by atoms with Crippen molar-refractivity contribution in [2.24, 2.45) is 11.8 Å². The molecule has 1 fully saturated rings. The molecule has 1 saturated carbocycles. The summed E-state index contributed by atoms with van der Waals surface area (Å²) in [6.45, 7) is 0. The summed E-state index contributed by atoms with van der Waals surface area (Å²) >= 11 is 0. The van der Waals surface area contributed by atoms with Crippen molar-refractivity contribution in [2.75, 3.05) is 0 Å². The largest absolute Gasteiger partial charge is 1.00 e. The number of rotatable bonds is 2. The van der Waals surface area contributed by atoms with Gasteiger partial charge >= 0.3 is 103 Å². The van der Waals surface area contributed by atoms with Crippen molar-refractivity contribution in [1.29, 1.82) is 0 Å². The van der Waals surface area contributed by atoms with Gasteiger partial charge in [-0.15, -0.1) is 0 Å². The first-order valence-corrected chi connectivity index (χ1v) is 4.03. The van der Waals surface area contributed by atoms with Crippen LogP contribution in [0.2, 0.25) is 0 Å². The van der Waals surface area contributed by atoms with Crippen LogP contribution in [-0.2, 0) is 9.59 Å². The van der Waals surface area contributed by atoms with Crippen molar-refractivity contribution >= 4 is 11.9 Å². The molecule has 0 aromatic heterocycles. The molecule has 0 radical (unpaired) electrons. The van der Waals surface area contributed by atoms with Crippen LogP contribution in [0.1, 0.15) is 25.7 Å². The molecule has 0 aliphatic heterocycles. The zero-order valence-electron chi connectivity index (χ0n) is 8.62. The molecule has 1 rings (SSSR count). The van der Waals surface area contributed by atoms with Crippen molar-refractivity contribution in [1.82, 2.24) is 0 Å². The quantitative estimate of drug-likeness (QED) is 0.455. The number of carboxylic acids is 2. The maximum absolute atomic E-state index is 10.4. The Hall–Kier alpha value is 2.21. The van der Waals surface area contributed by atoms with E-state index in [4.69, 9.17) is 0 Å². The maximum Gasteiger partial charge on any atom is 1.00 e. The number of hydrogen-bond donors (Lipinski definition) is 0. The van der Waals surface area contributed by atoms with Gasteiger partial charge in [0, 0.05) is 11.9 Å². The molecule has 0 amide bonds. The Kier molecular flexibility index (Phi) is 12.3. The molecule has 4 nitrogen and oxygen atoms in total. The molecular formula is C8H10K2O4. The minimum atomic E-state index is -1.14. The summed E-state index contributed by atoms with van der Waals surface area (Å²) in [6.07, 6.45) is 1.88. The van der Waals surface area contributed by atoms with Crippen LogP contribution >= 0.6 is 0 Å². The van der Waals surface area contributed by atoms with Crippen molar-refractivity contribution in [3.8, 4) is 0 Å². The summed E-state index contributed by atoms with van der Waals surface area (Å²) in [5, 5.41) is 20.8. The molecule has 2 atom stereocenters. The fourth-order valence-corrected chi connectivity index (χ4v) is 1.62. The third kappa shape index (κ3) is 6.07. The van der Waals surface area contributed by atoms with Gasteiger partial charge < -0.3 is 19.8 Å². The third-order valence-electron chi connectivity index (χ3n) is 2.34. The second kappa shape index (κ2) is 9.26. The molecule has 0 aromatic rings. The van der Waals surface area contributed by atoms with E-state index in [9.17, 15) is 19.8 Å². The first kappa shape index (κ1) is 18.6. The number of carbonyl (C=O) groups is 2. The van der Waals surface area contributed by atoms with E-state index in [0.29, 0.717) is 19.3 Å². The zero-order valence-corrected chi connectivity index (χ0v) is 14.9. The van der Waals surface area contributed by atoms with E-state index in [1.54, 1.807) is 0 Å². The van der Waals surface area contributed by atoms with Crippen LogP contribution in [0.25, 0.3) is 0 Å². The van der Waals surface area contributed by atoms with E-state index >= 15 is 0 Å². The molecule has 2 unspecified atom stereocenters. The summed E-state index contributed by atoms with van der Waals surface area (Å²) in [7, 11) is 0. The molecule has 1 aliphatic carbocycles. The topological polar surface area (TPSA) is 80.3 Å². The van der Waals surface area contributed by atoms with Gasteiger partial charge in [0.2, 0.25) is 0 Å². The van der Waals surface area contributed by atoms with Crippen LogP contribution in [0.3, 0.4) is 0 Å². The normalized spacial score (nSPS) is 25.4. The van der Waals surface area contributed by atoms with E-state index in [1.165, 1.54) is 0 Å². The molecule has 0 N–H and O–H groups in total. The molecular weight excluding hydrogens is 238 g/mol. The van der Waals surface area contributed by atoms with Gasteiger partial charge in [0.1, 0.15) is 0 Å². The van der Waals surface area contributed by atoms with Crippen molar-refractivity contribution in [2.45, 2.75) is 25.7 Å². The molecule has 14 heavy (non-hydrogen) atoms. The van der Waals surface area contributed by atoms with Crippen molar-refractivity contribution < 1.29 is 123 Å². The summed E-state index contributed by atoms with van der Waals surface area (Å²) in [4.78, 5) is 20.8. The van der Waals surface area contributed by atoms with Crippen LogP contribution in [-0.4, -0.2) is 11.9 Å². The number of hydrogen-bond acceptors (Lipinski definition) is 4. The summed E-state index contributed by atoms with van der Waals surface area (Å²) in [6, 6.07) is 0. The van der Waals surface area contributed by atoms with E-state index in [1.807, 2.05) is 0 Å². The van der Waals surface area contributed by atoms with E-state index in [2.05, 4.69) is 0 Å². The van der Waals surface area contributed by atoms with Crippen LogP contribution in [0.5, 0.6) is 0 Å². The Morgan fingerprint density at radius 3 is 1.57 bits per heavy atom. The standard InChI is InChI=1S/C8H12O4.2K/c9-7(10)5-2-1-3-6(4-5)8(11)12;;/h5-6H,1-4H2,(H,9,10)(H,11,12);;/q;2*+1/p-2. The third-order valence-corrected chi connectivity index (χ3v) is 2.34. The van der Waals surface area contributed by atoms with Gasteiger partial charge in [-0.2, -0.15) is 0 Å². The van der Waals surface area contributed by atoms with Crippen LogP contribution < -0.4 is 113 Å². The van der Waals surface area contributed by atoms with E-state index < -0.39 is 23.8 Å². The van der Waals surface area contributed by atoms with Crippen molar-refractivity contribution in [3.63, 3.8) is 0 Å². The van der Waals surface area contributed by atoms with Gasteiger partial charge in [0.05, 0.1) is 0 Å². The number of aliphatic carboxylic acids is 2. The monoisotopic (exact) mass is 248 g/mol. The predicted octanol–water partition coefficient (Wildman–Crippen LogP) is -7.70. The first-order valence-electron chi connectivity index (χ1n) is 4.03.